The van der Waals surface area contributed by atoms with Gasteiger partial charge in [-0.3, -0.25) is 24.4 Å². The summed E-state index contributed by atoms with van der Waals surface area (Å²) in [5.74, 6) is 0.373. The first-order valence-corrected chi connectivity index (χ1v) is 16.7. The Kier molecular flexibility index (Phi) is 11.4. The summed E-state index contributed by atoms with van der Waals surface area (Å²) < 4.78 is 17.1. The third-order valence-corrected chi connectivity index (χ3v) is 9.15. The number of carbonyl (C=O) groups excluding carboxylic acids is 2. The predicted molar refractivity (Wildman–Crippen MR) is 185 cm³/mol. The molecule has 0 bridgehead atoms. The molecule has 2 aliphatic heterocycles. The van der Waals surface area contributed by atoms with Crippen LogP contribution in [0, 0.1) is 0 Å². The standard InChI is InChI=1S/C38H41ClN4O5/c1-46-34-13-5-30(6-14-34)26-42(20-2-19-41-21-23-47-24-22-41)38(45)37-36(31-7-9-32(39)10-8-31)43(35(44)27-48-37)33-11-3-28(4-12-33)25-29-15-17-40-18-16-29/h3-18,36-37H,2,19-27H2,1H3/t36-,37+/m1/s1. The second-order valence-electron chi connectivity index (χ2n) is 12.1. The lowest BCUT2D eigenvalue weighted by Gasteiger charge is -2.42. The van der Waals surface area contributed by atoms with Gasteiger partial charge in [0.1, 0.15) is 12.4 Å². The molecule has 2 aliphatic rings. The molecule has 4 aromatic rings. The van der Waals surface area contributed by atoms with Gasteiger partial charge in [-0.05, 0) is 83.6 Å². The van der Waals surface area contributed by atoms with E-state index in [1.54, 1.807) is 36.5 Å². The molecule has 0 spiro atoms. The largest absolute Gasteiger partial charge is 0.497 e. The molecule has 48 heavy (non-hydrogen) atoms. The van der Waals surface area contributed by atoms with E-state index in [9.17, 15) is 9.59 Å². The fraction of sp³-hybridized carbons (Fsp3) is 0.342. The molecule has 0 radical (unpaired) electrons. The molecule has 0 unspecified atom stereocenters. The van der Waals surface area contributed by atoms with E-state index in [4.69, 9.17) is 25.8 Å². The molecule has 0 saturated carbocycles. The number of methoxy groups -OCH3 is 1. The zero-order valence-electron chi connectivity index (χ0n) is 27.2. The first-order chi connectivity index (χ1) is 23.5. The number of rotatable bonds is 12. The van der Waals surface area contributed by atoms with Crippen molar-refractivity contribution in [3.05, 3.63) is 125 Å². The van der Waals surface area contributed by atoms with E-state index >= 15 is 0 Å². The lowest BCUT2D eigenvalue weighted by Crippen LogP contribution is -2.55. The summed E-state index contributed by atoms with van der Waals surface area (Å²) in [4.78, 5) is 38.4. The Hall–Kier alpha value is -4.28. The van der Waals surface area contributed by atoms with Gasteiger partial charge < -0.3 is 19.1 Å². The average Bonchev–Trinajstić information content (AvgIpc) is 3.13. The molecule has 250 valence electrons. The van der Waals surface area contributed by atoms with Gasteiger partial charge >= 0.3 is 0 Å². The summed E-state index contributed by atoms with van der Waals surface area (Å²) in [6.07, 6.45) is 4.17. The van der Waals surface area contributed by atoms with Crippen molar-refractivity contribution in [2.75, 3.05) is 58.0 Å². The Morgan fingerprint density at radius 3 is 2.27 bits per heavy atom. The van der Waals surface area contributed by atoms with Crippen molar-refractivity contribution in [3.8, 4) is 5.75 Å². The van der Waals surface area contributed by atoms with E-state index in [2.05, 4.69) is 9.88 Å². The molecule has 2 fully saturated rings. The highest BCUT2D eigenvalue weighted by Gasteiger charge is 2.44. The molecular formula is C38H41ClN4O5. The molecule has 3 aromatic carbocycles. The zero-order chi connectivity index (χ0) is 33.3. The fourth-order valence-electron chi connectivity index (χ4n) is 6.33. The SMILES string of the molecule is COc1ccc(CN(CCCN2CCOCC2)C(=O)[C@H]2OCC(=O)N(c3ccc(Cc4ccncc4)cc3)[C@@H]2c2ccc(Cl)cc2)cc1. The van der Waals surface area contributed by atoms with Crippen LogP contribution < -0.4 is 9.64 Å². The second kappa shape index (κ2) is 16.2. The summed E-state index contributed by atoms with van der Waals surface area (Å²) in [7, 11) is 1.63. The van der Waals surface area contributed by atoms with Crippen LogP contribution in [-0.4, -0.2) is 85.8 Å². The Labute approximate surface area is 287 Å². The molecule has 10 heteroatoms. The van der Waals surface area contributed by atoms with Crippen molar-refractivity contribution in [1.82, 2.24) is 14.8 Å². The van der Waals surface area contributed by atoms with E-state index < -0.39 is 12.1 Å². The number of nitrogens with zero attached hydrogens (tertiary/aromatic N) is 4. The Morgan fingerprint density at radius 1 is 0.917 bits per heavy atom. The van der Waals surface area contributed by atoms with E-state index in [0.717, 1.165) is 73.7 Å². The van der Waals surface area contributed by atoms with Gasteiger partial charge in [-0.1, -0.05) is 48.0 Å². The van der Waals surface area contributed by atoms with E-state index in [-0.39, 0.29) is 18.4 Å². The summed E-state index contributed by atoms with van der Waals surface area (Å²) in [5.41, 5.74) is 4.70. The molecule has 6 rings (SSSR count). The fourth-order valence-corrected chi connectivity index (χ4v) is 6.45. The minimum atomic E-state index is -0.929. The maximum absolute atomic E-state index is 14.7. The van der Waals surface area contributed by atoms with Crippen LogP contribution in [0.1, 0.15) is 34.7 Å². The summed E-state index contributed by atoms with van der Waals surface area (Å²) >= 11 is 6.29. The number of amides is 2. The highest BCUT2D eigenvalue weighted by molar-refractivity contribution is 6.30. The number of ether oxygens (including phenoxy) is 3. The number of hydrogen-bond acceptors (Lipinski definition) is 7. The molecule has 3 heterocycles. The van der Waals surface area contributed by atoms with Crippen molar-refractivity contribution in [2.24, 2.45) is 0 Å². The Bertz CT molecular complexity index is 1630. The Balaban J connectivity index is 1.29. The lowest BCUT2D eigenvalue weighted by molar-refractivity contribution is -0.153. The number of hydrogen-bond donors (Lipinski definition) is 0. The molecular weight excluding hydrogens is 628 g/mol. The molecule has 1 aromatic heterocycles. The highest BCUT2D eigenvalue weighted by atomic mass is 35.5. The van der Waals surface area contributed by atoms with Gasteiger partial charge in [0, 0.05) is 55.8 Å². The number of benzene rings is 3. The van der Waals surface area contributed by atoms with Gasteiger partial charge in [0.15, 0.2) is 6.10 Å². The normalized spacial score (nSPS) is 18.5. The maximum Gasteiger partial charge on any atom is 0.254 e. The van der Waals surface area contributed by atoms with Crippen LogP contribution >= 0.6 is 11.6 Å². The van der Waals surface area contributed by atoms with Crippen molar-refractivity contribution < 1.29 is 23.8 Å². The van der Waals surface area contributed by atoms with E-state index in [0.29, 0.717) is 23.8 Å². The zero-order valence-corrected chi connectivity index (χ0v) is 27.9. The van der Waals surface area contributed by atoms with Crippen LogP contribution in [0.5, 0.6) is 5.75 Å². The highest BCUT2D eigenvalue weighted by Crippen LogP contribution is 2.36. The smallest absolute Gasteiger partial charge is 0.254 e. The topological polar surface area (TPSA) is 84.4 Å². The van der Waals surface area contributed by atoms with Gasteiger partial charge in [0.25, 0.3) is 11.8 Å². The van der Waals surface area contributed by atoms with Crippen LogP contribution in [0.15, 0.2) is 97.3 Å². The first kappa shape index (κ1) is 33.6. The second-order valence-corrected chi connectivity index (χ2v) is 12.5. The minimum absolute atomic E-state index is 0.167. The average molecular weight is 669 g/mol. The van der Waals surface area contributed by atoms with Crippen LogP contribution in [-0.2, 0) is 32.0 Å². The van der Waals surface area contributed by atoms with Crippen molar-refractivity contribution >= 4 is 29.1 Å². The van der Waals surface area contributed by atoms with Gasteiger partial charge in [0.05, 0.1) is 26.4 Å². The number of anilines is 1. The number of aromatic nitrogens is 1. The number of halogens is 1. The lowest BCUT2D eigenvalue weighted by atomic mass is 9.95. The summed E-state index contributed by atoms with van der Waals surface area (Å²) in [6, 6.07) is 26.3. The number of carbonyl (C=O) groups is 2. The maximum atomic E-state index is 14.7. The quantitative estimate of drug-likeness (QED) is 0.196. The molecule has 2 atom stereocenters. The molecule has 2 amide bonds. The van der Waals surface area contributed by atoms with Crippen molar-refractivity contribution in [3.63, 3.8) is 0 Å². The van der Waals surface area contributed by atoms with Crippen LogP contribution in [0.4, 0.5) is 5.69 Å². The van der Waals surface area contributed by atoms with Crippen LogP contribution in [0.25, 0.3) is 0 Å². The number of morpholine rings is 2. The summed E-state index contributed by atoms with van der Waals surface area (Å²) in [6.45, 7) is 4.81. The van der Waals surface area contributed by atoms with Gasteiger partial charge in [0.2, 0.25) is 0 Å². The van der Waals surface area contributed by atoms with Gasteiger partial charge in [-0.25, -0.2) is 0 Å². The first-order valence-electron chi connectivity index (χ1n) is 16.4. The van der Waals surface area contributed by atoms with Crippen molar-refractivity contribution in [1.29, 1.82) is 0 Å². The van der Waals surface area contributed by atoms with Gasteiger partial charge in [-0.2, -0.15) is 0 Å². The molecule has 0 N–H and O–H groups in total. The van der Waals surface area contributed by atoms with E-state index in [1.807, 2.05) is 77.7 Å². The van der Waals surface area contributed by atoms with Gasteiger partial charge in [-0.15, -0.1) is 0 Å². The Morgan fingerprint density at radius 2 is 1.58 bits per heavy atom. The monoisotopic (exact) mass is 668 g/mol. The van der Waals surface area contributed by atoms with Crippen molar-refractivity contribution in [2.45, 2.75) is 31.5 Å². The van der Waals surface area contributed by atoms with Crippen LogP contribution in [0.3, 0.4) is 0 Å². The van der Waals surface area contributed by atoms with Crippen LogP contribution in [0.2, 0.25) is 5.02 Å². The third kappa shape index (κ3) is 8.41. The minimum Gasteiger partial charge on any atom is -0.497 e. The summed E-state index contributed by atoms with van der Waals surface area (Å²) in [5, 5.41) is 0.570. The predicted octanol–water partition coefficient (Wildman–Crippen LogP) is 5.56. The van der Waals surface area contributed by atoms with E-state index in [1.165, 1.54) is 0 Å². The number of pyridine rings is 1. The molecule has 2 saturated heterocycles. The molecule has 0 aliphatic carbocycles. The third-order valence-electron chi connectivity index (χ3n) is 8.90. The molecule has 9 nitrogen and oxygen atoms in total.